The van der Waals surface area contributed by atoms with Crippen LogP contribution in [-0.4, -0.2) is 17.9 Å². The Kier molecular flexibility index (Phi) is 8.73. The SMILES string of the molecule is C=CC(=O)Oc1ccc(CCC(=O)Oc2ccc(-c3ccc(CC)cc3)cc2)cc1OC(=O)C=C. The number of esters is 3. The minimum absolute atomic E-state index is 0.0403. The Bertz CT molecular complexity index is 1220. The number of carbonyl (C=O) groups excluding carboxylic acids is 3. The summed E-state index contributed by atoms with van der Waals surface area (Å²) in [5.74, 6) is -1.25. The van der Waals surface area contributed by atoms with Gasteiger partial charge in [0.05, 0.1) is 0 Å². The van der Waals surface area contributed by atoms with Crippen LogP contribution in [0.5, 0.6) is 17.2 Å². The summed E-state index contributed by atoms with van der Waals surface area (Å²) in [5, 5.41) is 0. The zero-order chi connectivity index (χ0) is 25.2. The van der Waals surface area contributed by atoms with E-state index in [1.54, 1.807) is 18.2 Å². The van der Waals surface area contributed by atoms with Gasteiger partial charge in [-0.15, -0.1) is 0 Å². The third-order valence-electron chi connectivity index (χ3n) is 5.16. The number of carbonyl (C=O) groups is 3. The van der Waals surface area contributed by atoms with Crippen molar-refractivity contribution in [2.45, 2.75) is 26.2 Å². The van der Waals surface area contributed by atoms with Gasteiger partial charge in [0.1, 0.15) is 5.75 Å². The van der Waals surface area contributed by atoms with E-state index < -0.39 is 17.9 Å². The Hall–Kier alpha value is -4.45. The summed E-state index contributed by atoms with van der Waals surface area (Å²) in [5.41, 5.74) is 4.09. The second kappa shape index (κ2) is 12.1. The van der Waals surface area contributed by atoms with Crippen molar-refractivity contribution in [2.75, 3.05) is 0 Å². The van der Waals surface area contributed by atoms with E-state index in [1.807, 2.05) is 12.1 Å². The van der Waals surface area contributed by atoms with Crippen molar-refractivity contribution < 1.29 is 28.6 Å². The predicted octanol–water partition coefficient (Wildman–Crippen LogP) is 5.64. The van der Waals surface area contributed by atoms with Gasteiger partial charge in [0.15, 0.2) is 11.5 Å². The first kappa shape index (κ1) is 25.2. The second-order valence-corrected chi connectivity index (χ2v) is 7.58. The lowest BCUT2D eigenvalue weighted by molar-refractivity contribution is -0.134. The van der Waals surface area contributed by atoms with Gasteiger partial charge in [-0.1, -0.05) is 62.5 Å². The van der Waals surface area contributed by atoms with E-state index in [1.165, 1.54) is 17.7 Å². The number of hydrogen-bond acceptors (Lipinski definition) is 6. The zero-order valence-corrected chi connectivity index (χ0v) is 19.5. The Labute approximate surface area is 204 Å². The largest absolute Gasteiger partial charge is 0.427 e. The van der Waals surface area contributed by atoms with Crippen LogP contribution in [0.15, 0.2) is 92.0 Å². The topological polar surface area (TPSA) is 78.9 Å². The smallest absolute Gasteiger partial charge is 0.335 e. The standard InChI is InChI=1S/C29H26O6/c1-4-20-7-11-22(12-8-20)23-13-15-24(16-14-23)33-29(32)18-10-21-9-17-25(34-27(30)5-2)26(19-21)35-28(31)6-3/h5-9,11-17,19H,2-4,10,18H2,1H3. The maximum Gasteiger partial charge on any atom is 0.335 e. The van der Waals surface area contributed by atoms with Crippen molar-refractivity contribution in [3.8, 4) is 28.4 Å². The second-order valence-electron chi connectivity index (χ2n) is 7.58. The molecule has 0 fully saturated rings. The normalized spacial score (nSPS) is 10.2. The molecular formula is C29H26O6. The predicted molar refractivity (Wildman–Crippen MR) is 133 cm³/mol. The number of rotatable bonds is 10. The number of benzene rings is 3. The van der Waals surface area contributed by atoms with Gasteiger partial charge in [0.2, 0.25) is 0 Å². The molecule has 6 heteroatoms. The number of aryl methyl sites for hydroxylation is 2. The van der Waals surface area contributed by atoms with Crippen LogP contribution >= 0.6 is 0 Å². The van der Waals surface area contributed by atoms with E-state index in [9.17, 15) is 14.4 Å². The van der Waals surface area contributed by atoms with Crippen LogP contribution < -0.4 is 14.2 Å². The molecule has 3 aromatic rings. The van der Waals surface area contributed by atoms with Gasteiger partial charge < -0.3 is 14.2 Å². The van der Waals surface area contributed by atoms with E-state index in [0.29, 0.717) is 17.7 Å². The highest BCUT2D eigenvalue weighted by molar-refractivity contribution is 5.86. The average Bonchev–Trinajstić information content (AvgIpc) is 2.89. The van der Waals surface area contributed by atoms with E-state index in [-0.39, 0.29) is 17.9 Å². The third-order valence-corrected chi connectivity index (χ3v) is 5.16. The first-order chi connectivity index (χ1) is 16.9. The van der Waals surface area contributed by atoms with Gasteiger partial charge in [0, 0.05) is 18.6 Å². The van der Waals surface area contributed by atoms with Gasteiger partial charge in [-0.25, -0.2) is 9.59 Å². The lowest BCUT2D eigenvalue weighted by Gasteiger charge is -2.11. The Balaban J connectivity index is 1.61. The van der Waals surface area contributed by atoms with Crippen LogP contribution in [0.3, 0.4) is 0 Å². The molecule has 0 unspecified atom stereocenters. The van der Waals surface area contributed by atoms with Crippen LogP contribution in [0.4, 0.5) is 0 Å². The van der Waals surface area contributed by atoms with E-state index in [2.05, 4.69) is 44.3 Å². The quantitative estimate of drug-likeness (QED) is 0.217. The molecule has 0 aliphatic heterocycles. The minimum Gasteiger partial charge on any atom is -0.427 e. The number of ether oxygens (including phenoxy) is 3. The van der Waals surface area contributed by atoms with E-state index in [0.717, 1.165) is 29.7 Å². The molecule has 0 spiro atoms. The molecule has 0 amide bonds. The Morgan fingerprint density at radius 1 is 0.714 bits per heavy atom. The highest BCUT2D eigenvalue weighted by Gasteiger charge is 2.14. The average molecular weight is 471 g/mol. The summed E-state index contributed by atoms with van der Waals surface area (Å²) < 4.78 is 15.7. The van der Waals surface area contributed by atoms with Crippen molar-refractivity contribution >= 4 is 17.9 Å². The van der Waals surface area contributed by atoms with Crippen LogP contribution in [0.1, 0.15) is 24.5 Å². The summed E-state index contributed by atoms with van der Waals surface area (Å²) >= 11 is 0. The summed E-state index contributed by atoms with van der Waals surface area (Å²) in [7, 11) is 0. The minimum atomic E-state index is -0.706. The molecule has 0 saturated carbocycles. The van der Waals surface area contributed by atoms with Crippen molar-refractivity contribution in [3.05, 3.63) is 103 Å². The van der Waals surface area contributed by atoms with Gasteiger partial charge in [-0.2, -0.15) is 0 Å². The Morgan fingerprint density at radius 2 is 1.26 bits per heavy atom. The molecular weight excluding hydrogens is 444 g/mol. The summed E-state index contributed by atoms with van der Waals surface area (Å²) in [6, 6.07) is 20.4. The maximum atomic E-state index is 12.4. The van der Waals surface area contributed by atoms with Crippen molar-refractivity contribution in [1.82, 2.24) is 0 Å². The molecule has 0 N–H and O–H groups in total. The molecule has 0 saturated heterocycles. The summed E-state index contributed by atoms with van der Waals surface area (Å²) in [6.07, 6.45) is 3.41. The van der Waals surface area contributed by atoms with Crippen molar-refractivity contribution in [1.29, 1.82) is 0 Å². The lowest BCUT2D eigenvalue weighted by Crippen LogP contribution is -2.10. The molecule has 35 heavy (non-hydrogen) atoms. The molecule has 178 valence electrons. The monoisotopic (exact) mass is 470 g/mol. The highest BCUT2D eigenvalue weighted by atomic mass is 16.6. The fraction of sp³-hybridized carbons (Fsp3) is 0.138. The molecule has 0 aromatic heterocycles. The highest BCUT2D eigenvalue weighted by Crippen LogP contribution is 2.30. The first-order valence-corrected chi connectivity index (χ1v) is 11.1. The van der Waals surface area contributed by atoms with Crippen LogP contribution in [-0.2, 0) is 27.2 Å². The first-order valence-electron chi connectivity index (χ1n) is 11.1. The molecule has 0 atom stereocenters. The van der Waals surface area contributed by atoms with Crippen LogP contribution in [0.25, 0.3) is 11.1 Å². The molecule has 0 bridgehead atoms. The molecule has 0 aliphatic carbocycles. The van der Waals surface area contributed by atoms with Crippen LogP contribution in [0, 0.1) is 0 Å². The molecule has 3 rings (SSSR count). The van der Waals surface area contributed by atoms with E-state index >= 15 is 0 Å². The third kappa shape index (κ3) is 7.27. The summed E-state index contributed by atoms with van der Waals surface area (Å²) in [6.45, 7) is 8.81. The van der Waals surface area contributed by atoms with E-state index in [4.69, 9.17) is 14.2 Å². The van der Waals surface area contributed by atoms with Crippen LogP contribution in [0.2, 0.25) is 0 Å². The Morgan fingerprint density at radius 3 is 1.83 bits per heavy atom. The zero-order valence-electron chi connectivity index (χ0n) is 19.5. The summed E-state index contributed by atoms with van der Waals surface area (Å²) in [4.78, 5) is 35.5. The molecule has 0 radical (unpaired) electrons. The van der Waals surface area contributed by atoms with Gasteiger partial charge in [-0.3, -0.25) is 4.79 Å². The lowest BCUT2D eigenvalue weighted by atomic mass is 10.0. The fourth-order valence-electron chi connectivity index (χ4n) is 3.25. The molecule has 6 nitrogen and oxygen atoms in total. The molecule has 0 heterocycles. The maximum absolute atomic E-state index is 12.4. The fourth-order valence-corrected chi connectivity index (χ4v) is 3.25. The van der Waals surface area contributed by atoms with Gasteiger partial charge >= 0.3 is 17.9 Å². The molecule has 3 aromatic carbocycles. The van der Waals surface area contributed by atoms with Gasteiger partial charge in [-0.05, 0) is 59.4 Å². The van der Waals surface area contributed by atoms with Crippen molar-refractivity contribution in [2.24, 2.45) is 0 Å². The molecule has 0 aliphatic rings. The van der Waals surface area contributed by atoms with Crippen molar-refractivity contribution in [3.63, 3.8) is 0 Å². The number of hydrogen-bond donors (Lipinski definition) is 0. The van der Waals surface area contributed by atoms with Gasteiger partial charge in [0.25, 0.3) is 0 Å².